The maximum absolute atomic E-state index is 11.3. The van der Waals surface area contributed by atoms with Crippen LogP contribution in [0.2, 0.25) is 0 Å². The molecule has 79 valence electrons. The number of nitrogens with one attached hydrogen (secondary N) is 2. The average molecular weight is 209 g/mol. The minimum Gasteiger partial charge on any atom is -0.468 e. The summed E-state index contributed by atoms with van der Waals surface area (Å²) in [6, 6.07) is 3.66. The molecule has 1 aromatic heterocycles. The van der Waals surface area contributed by atoms with Crippen LogP contribution in [0.1, 0.15) is 10.4 Å². The molecule has 0 spiro atoms. The van der Waals surface area contributed by atoms with Gasteiger partial charge in [-0.25, -0.2) is 0 Å². The molecular weight excluding hydrogens is 200 g/mol. The first-order valence-electron chi connectivity index (χ1n) is 4.09. The summed E-state index contributed by atoms with van der Waals surface area (Å²) >= 11 is 0. The summed E-state index contributed by atoms with van der Waals surface area (Å²) in [5.41, 5.74) is -0.427. The van der Waals surface area contributed by atoms with Crippen LogP contribution in [-0.4, -0.2) is 30.5 Å². The van der Waals surface area contributed by atoms with Gasteiger partial charge in [0.05, 0.1) is 18.7 Å². The Kier molecular flexibility index (Phi) is 3.61. The lowest BCUT2D eigenvalue weighted by atomic mass is 10.2. The normalized spacial score (nSPS) is 9.40. The van der Waals surface area contributed by atoms with Gasteiger partial charge in [0.25, 0.3) is 11.5 Å². The number of rotatable bonds is 3. The lowest BCUT2D eigenvalue weighted by molar-refractivity contribution is -0.139. The molecule has 0 saturated heterocycles. The highest BCUT2D eigenvalue weighted by Gasteiger charge is 2.08. The molecule has 0 fully saturated rings. The first-order valence-corrected chi connectivity index (χ1v) is 4.09. The Morgan fingerprint density at radius 1 is 1.60 bits per heavy atom. The van der Waals surface area contributed by atoms with Crippen molar-refractivity contribution in [1.82, 2.24) is 10.3 Å². The van der Waals surface area contributed by atoms with Crippen molar-refractivity contribution in [2.24, 2.45) is 0 Å². The molecule has 0 aromatic carbocycles. The fraction of sp³-hybridized carbons (Fsp3) is 0.222. The SMILES string of the molecule is COC(=O)CNC(=O)c1[c]c(=O)[nH]cc1. The average Bonchev–Trinajstić information content (AvgIpc) is 2.25. The molecule has 1 heterocycles. The number of esters is 1. The minimum atomic E-state index is -0.562. The Balaban J connectivity index is 2.62. The van der Waals surface area contributed by atoms with Gasteiger partial charge in [-0.1, -0.05) is 0 Å². The number of aromatic amines is 1. The van der Waals surface area contributed by atoms with Crippen molar-refractivity contribution in [1.29, 1.82) is 0 Å². The van der Waals surface area contributed by atoms with Crippen LogP contribution in [0.4, 0.5) is 0 Å². The van der Waals surface area contributed by atoms with Gasteiger partial charge in [-0.05, 0) is 6.07 Å². The predicted octanol–water partition coefficient (Wildman–Crippen LogP) is -0.922. The highest BCUT2D eigenvalue weighted by atomic mass is 16.5. The number of hydrogen-bond donors (Lipinski definition) is 2. The zero-order chi connectivity index (χ0) is 11.3. The van der Waals surface area contributed by atoms with Crippen molar-refractivity contribution in [2.75, 3.05) is 13.7 Å². The third-order valence-electron chi connectivity index (χ3n) is 1.58. The van der Waals surface area contributed by atoms with Crippen LogP contribution >= 0.6 is 0 Å². The molecule has 1 amide bonds. The van der Waals surface area contributed by atoms with E-state index >= 15 is 0 Å². The minimum absolute atomic E-state index is 0.0719. The Morgan fingerprint density at radius 3 is 2.93 bits per heavy atom. The molecule has 1 radical (unpaired) electrons. The van der Waals surface area contributed by atoms with Gasteiger partial charge in [0.1, 0.15) is 6.54 Å². The maximum atomic E-state index is 11.3. The van der Waals surface area contributed by atoms with Crippen LogP contribution in [0.25, 0.3) is 0 Å². The third kappa shape index (κ3) is 3.26. The Hall–Kier alpha value is -2.11. The lowest BCUT2D eigenvalue weighted by Gasteiger charge is -2.02. The summed E-state index contributed by atoms with van der Waals surface area (Å²) in [5, 5.41) is 2.28. The summed E-state index contributed by atoms with van der Waals surface area (Å²) in [5.74, 6) is -1.11. The second kappa shape index (κ2) is 4.94. The van der Waals surface area contributed by atoms with Crippen molar-refractivity contribution in [3.8, 4) is 0 Å². The molecule has 0 aliphatic carbocycles. The van der Waals surface area contributed by atoms with E-state index in [-0.39, 0.29) is 12.1 Å². The first kappa shape index (κ1) is 11.0. The zero-order valence-electron chi connectivity index (χ0n) is 7.99. The van der Waals surface area contributed by atoms with Crippen LogP contribution < -0.4 is 10.9 Å². The van der Waals surface area contributed by atoms with E-state index in [0.717, 1.165) is 0 Å². The number of amides is 1. The van der Waals surface area contributed by atoms with Gasteiger partial charge in [-0.2, -0.15) is 0 Å². The highest BCUT2D eigenvalue weighted by molar-refractivity contribution is 5.95. The smallest absolute Gasteiger partial charge is 0.325 e. The molecule has 2 N–H and O–H groups in total. The summed E-state index contributed by atoms with van der Waals surface area (Å²) in [6.45, 7) is -0.240. The van der Waals surface area contributed by atoms with Gasteiger partial charge in [-0.15, -0.1) is 0 Å². The number of pyridine rings is 1. The fourth-order valence-electron chi connectivity index (χ4n) is 0.853. The molecule has 15 heavy (non-hydrogen) atoms. The van der Waals surface area contributed by atoms with Crippen molar-refractivity contribution >= 4 is 11.9 Å². The molecule has 0 unspecified atom stereocenters. The van der Waals surface area contributed by atoms with Crippen molar-refractivity contribution < 1.29 is 14.3 Å². The van der Waals surface area contributed by atoms with Crippen molar-refractivity contribution in [2.45, 2.75) is 0 Å². The van der Waals surface area contributed by atoms with Crippen LogP contribution in [0.15, 0.2) is 17.1 Å². The number of H-pyrrole nitrogens is 1. The third-order valence-corrected chi connectivity index (χ3v) is 1.58. The summed E-state index contributed by atoms with van der Waals surface area (Å²) in [6.07, 6.45) is 1.33. The molecular formula is C9H9N2O4. The van der Waals surface area contributed by atoms with Gasteiger partial charge in [0.15, 0.2) is 0 Å². The number of ether oxygens (including phenoxy) is 1. The van der Waals surface area contributed by atoms with Gasteiger partial charge < -0.3 is 15.0 Å². The van der Waals surface area contributed by atoms with Crippen LogP contribution in [0, 0.1) is 6.07 Å². The summed E-state index contributed by atoms with van der Waals surface area (Å²) < 4.78 is 4.33. The second-order valence-electron chi connectivity index (χ2n) is 2.60. The number of carbonyl (C=O) groups excluding carboxylic acids is 2. The zero-order valence-corrected chi connectivity index (χ0v) is 7.99. The maximum Gasteiger partial charge on any atom is 0.325 e. The van der Waals surface area contributed by atoms with Crippen molar-refractivity contribution in [3.05, 3.63) is 34.2 Å². The summed E-state index contributed by atoms with van der Waals surface area (Å²) in [4.78, 5) is 35.1. The molecule has 6 nitrogen and oxygen atoms in total. The molecule has 6 heteroatoms. The number of methoxy groups -OCH3 is 1. The number of aromatic nitrogens is 1. The van der Waals surface area contributed by atoms with E-state index in [0.29, 0.717) is 0 Å². The Morgan fingerprint density at radius 2 is 2.33 bits per heavy atom. The van der Waals surface area contributed by atoms with E-state index in [9.17, 15) is 14.4 Å². The molecule has 1 aromatic rings. The standard InChI is InChI=1S/C9H9N2O4/c1-15-8(13)5-11-9(14)6-2-3-10-7(12)4-6/h2-3H,5H2,1H3,(H,10,12)(H,11,14). The highest BCUT2D eigenvalue weighted by Crippen LogP contribution is 1.91. The molecule has 1 rings (SSSR count). The molecule has 0 bridgehead atoms. The quantitative estimate of drug-likeness (QED) is 0.630. The second-order valence-corrected chi connectivity index (χ2v) is 2.60. The largest absolute Gasteiger partial charge is 0.468 e. The van der Waals surface area contributed by atoms with Gasteiger partial charge in [-0.3, -0.25) is 14.4 Å². The van der Waals surface area contributed by atoms with Crippen LogP contribution in [-0.2, 0) is 9.53 Å². The van der Waals surface area contributed by atoms with Crippen LogP contribution in [0.3, 0.4) is 0 Å². The molecule has 0 saturated carbocycles. The lowest BCUT2D eigenvalue weighted by Crippen LogP contribution is -2.30. The first-order chi connectivity index (χ1) is 7.13. The van der Waals surface area contributed by atoms with E-state index in [4.69, 9.17) is 0 Å². The van der Waals surface area contributed by atoms with E-state index in [1.807, 2.05) is 0 Å². The van der Waals surface area contributed by atoms with E-state index < -0.39 is 17.4 Å². The van der Waals surface area contributed by atoms with E-state index in [2.05, 4.69) is 21.1 Å². The predicted molar refractivity (Wildman–Crippen MR) is 50.2 cm³/mol. The van der Waals surface area contributed by atoms with Crippen LogP contribution in [0.5, 0.6) is 0 Å². The van der Waals surface area contributed by atoms with Gasteiger partial charge >= 0.3 is 5.97 Å². The molecule has 0 aliphatic rings. The number of hydrogen-bond acceptors (Lipinski definition) is 4. The fourth-order valence-corrected chi connectivity index (χ4v) is 0.853. The van der Waals surface area contributed by atoms with Gasteiger partial charge in [0, 0.05) is 6.20 Å². The Bertz CT molecular complexity index is 424. The van der Waals surface area contributed by atoms with E-state index in [1.54, 1.807) is 0 Å². The summed E-state index contributed by atoms with van der Waals surface area (Å²) in [7, 11) is 1.22. The Labute approximate surface area is 85.3 Å². The number of carbonyl (C=O) groups is 2. The monoisotopic (exact) mass is 209 g/mol. The molecule has 0 aliphatic heterocycles. The van der Waals surface area contributed by atoms with E-state index in [1.165, 1.54) is 19.4 Å². The topological polar surface area (TPSA) is 88.3 Å². The van der Waals surface area contributed by atoms with Crippen molar-refractivity contribution in [3.63, 3.8) is 0 Å². The van der Waals surface area contributed by atoms with Gasteiger partial charge in [0.2, 0.25) is 0 Å². The molecule has 0 atom stereocenters.